The molecule has 6 nitrogen and oxygen atoms in total. The van der Waals surface area contributed by atoms with Crippen molar-refractivity contribution in [3.8, 4) is 16.9 Å². The molecule has 0 aliphatic rings. The zero-order chi connectivity index (χ0) is 22.5. The summed E-state index contributed by atoms with van der Waals surface area (Å²) in [6, 6.07) is 7.96. The summed E-state index contributed by atoms with van der Waals surface area (Å²) in [5.74, 6) is 0. The maximum atomic E-state index is 14.0. The molecule has 0 aliphatic carbocycles. The number of nitrogens with one attached hydrogen (secondary N) is 1. The lowest BCUT2D eigenvalue weighted by Gasteiger charge is -2.17. The molecule has 0 bridgehead atoms. The first-order valence-electron chi connectivity index (χ1n) is 9.49. The van der Waals surface area contributed by atoms with Crippen molar-refractivity contribution in [1.29, 1.82) is 0 Å². The van der Waals surface area contributed by atoms with Crippen LogP contribution in [0.3, 0.4) is 0 Å². The number of hydrogen-bond acceptors (Lipinski definition) is 4. The Balaban J connectivity index is 2.21. The Hall–Kier alpha value is -3.27. The first-order chi connectivity index (χ1) is 14.6. The zero-order valence-corrected chi connectivity index (χ0v) is 17.7. The number of H-pyrrole nitrogens is 1. The number of nitrogens with zero attached hydrogens (tertiary/aromatic N) is 4. The highest BCUT2D eigenvalue weighted by atomic mass is 32.1. The normalized spacial score (nSPS) is 11.9. The van der Waals surface area contributed by atoms with Crippen molar-refractivity contribution >= 4 is 23.3 Å². The molecule has 3 aromatic heterocycles. The van der Waals surface area contributed by atoms with Gasteiger partial charge in [0.2, 0.25) is 0 Å². The number of hydrogen-bond donors (Lipinski definition) is 1. The highest BCUT2D eigenvalue weighted by molar-refractivity contribution is 7.71. The number of rotatable bonds is 3. The summed E-state index contributed by atoms with van der Waals surface area (Å²) in [7, 11) is 0. The SMILES string of the molecule is CCn1ncc(-c2cc(C(F)(F)F)c3c(=O)[nH]c(=S)n(-c4ccccc4C)c3n2)c1C. The van der Waals surface area contributed by atoms with Crippen LogP contribution in [-0.4, -0.2) is 24.3 Å². The van der Waals surface area contributed by atoms with Gasteiger partial charge in [0.15, 0.2) is 10.4 Å². The summed E-state index contributed by atoms with van der Waals surface area (Å²) < 4.78 is 45.1. The predicted octanol–water partition coefficient (Wildman–Crippen LogP) is 4.96. The fourth-order valence-electron chi connectivity index (χ4n) is 3.65. The fourth-order valence-corrected chi connectivity index (χ4v) is 3.92. The quantitative estimate of drug-likeness (QED) is 0.453. The van der Waals surface area contributed by atoms with Crippen LogP contribution in [0.25, 0.3) is 28.0 Å². The van der Waals surface area contributed by atoms with Crippen molar-refractivity contribution in [3.05, 3.63) is 68.5 Å². The van der Waals surface area contributed by atoms with Crippen LogP contribution >= 0.6 is 12.2 Å². The van der Waals surface area contributed by atoms with Gasteiger partial charge in [-0.25, -0.2) is 4.98 Å². The molecule has 0 saturated heterocycles. The fraction of sp³-hybridized carbons (Fsp3) is 0.238. The number of fused-ring (bicyclic) bond motifs is 1. The standard InChI is InChI=1S/C21H18F3N5OS/c1-4-28-12(3)13(10-25-28)15-9-14(21(22,23)24)17-18(26-15)29(20(31)27-19(17)30)16-8-6-5-7-11(16)2/h5-10H,4H2,1-3H3,(H,27,30,31). The first kappa shape index (κ1) is 21.0. The van der Waals surface area contributed by atoms with Crippen molar-refractivity contribution in [1.82, 2.24) is 24.3 Å². The van der Waals surface area contributed by atoms with Crippen molar-refractivity contribution in [3.63, 3.8) is 0 Å². The number of halogens is 3. The molecule has 10 heteroatoms. The molecule has 4 rings (SSSR count). The second-order valence-electron chi connectivity index (χ2n) is 7.09. The summed E-state index contributed by atoms with van der Waals surface area (Å²) in [6.45, 7) is 6.01. The minimum atomic E-state index is -4.77. The van der Waals surface area contributed by atoms with Gasteiger partial charge in [-0.1, -0.05) is 18.2 Å². The van der Waals surface area contributed by atoms with Gasteiger partial charge in [0.1, 0.15) is 0 Å². The van der Waals surface area contributed by atoms with E-state index in [0.717, 1.165) is 11.6 Å². The van der Waals surface area contributed by atoms with Crippen LogP contribution in [0.2, 0.25) is 0 Å². The van der Waals surface area contributed by atoms with Crippen molar-refractivity contribution < 1.29 is 13.2 Å². The van der Waals surface area contributed by atoms with E-state index >= 15 is 0 Å². The maximum Gasteiger partial charge on any atom is 0.417 e. The Morgan fingerprint density at radius 2 is 1.90 bits per heavy atom. The second kappa shape index (κ2) is 7.45. The average Bonchev–Trinajstić information content (AvgIpc) is 3.08. The van der Waals surface area contributed by atoms with Crippen LogP contribution in [0.5, 0.6) is 0 Å². The van der Waals surface area contributed by atoms with Crippen LogP contribution in [0.1, 0.15) is 23.7 Å². The summed E-state index contributed by atoms with van der Waals surface area (Å²) >= 11 is 5.32. The third-order valence-electron chi connectivity index (χ3n) is 5.20. The number of pyridine rings is 1. The zero-order valence-electron chi connectivity index (χ0n) is 16.9. The van der Waals surface area contributed by atoms with Gasteiger partial charge in [-0.05, 0) is 50.7 Å². The van der Waals surface area contributed by atoms with E-state index in [1.807, 2.05) is 6.92 Å². The number of benzene rings is 1. The van der Waals surface area contributed by atoms with Crippen LogP contribution < -0.4 is 5.56 Å². The lowest BCUT2D eigenvalue weighted by Crippen LogP contribution is -2.20. The van der Waals surface area contributed by atoms with E-state index in [1.165, 1.54) is 10.8 Å². The molecule has 0 aliphatic heterocycles. The molecule has 4 aromatic rings. The minimum Gasteiger partial charge on any atom is -0.298 e. The monoisotopic (exact) mass is 445 g/mol. The van der Waals surface area contributed by atoms with Crippen LogP contribution in [0, 0.1) is 18.6 Å². The van der Waals surface area contributed by atoms with E-state index in [0.29, 0.717) is 23.5 Å². The predicted molar refractivity (Wildman–Crippen MR) is 114 cm³/mol. The third-order valence-corrected chi connectivity index (χ3v) is 5.49. The van der Waals surface area contributed by atoms with Gasteiger partial charge in [0, 0.05) is 17.8 Å². The highest BCUT2D eigenvalue weighted by Gasteiger charge is 2.36. The lowest BCUT2D eigenvalue weighted by molar-refractivity contribution is -0.136. The largest absolute Gasteiger partial charge is 0.417 e. The third kappa shape index (κ3) is 3.46. The molecule has 31 heavy (non-hydrogen) atoms. The van der Waals surface area contributed by atoms with Gasteiger partial charge in [-0.3, -0.25) is 19.0 Å². The van der Waals surface area contributed by atoms with Crippen LogP contribution in [-0.2, 0) is 12.7 Å². The molecule has 0 spiro atoms. The molecule has 0 atom stereocenters. The first-order valence-corrected chi connectivity index (χ1v) is 9.90. The van der Waals surface area contributed by atoms with Gasteiger partial charge in [0.05, 0.1) is 28.5 Å². The van der Waals surface area contributed by atoms with E-state index in [4.69, 9.17) is 12.2 Å². The number of aromatic amines is 1. The highest BCUT2D eigenvalue weighted by Crippen LogP contribution is 2.36. The Labute approximate surface area is 180 Å². The number of aromatic nitrogens is 5. The topological polar surface area (TPSA) is 68.5 Å². The maximum absolute atomic E-state index is 14.0. The van der Waals surface area contributed by atoms with Gasteiger partial charge >= 0.3 is 6.18 Å². The molecule has 1 N–H and O–H groups in total. The Bertz CT molecular complexity index is 1430. The lowest BCUT2D eigenvalue weighted by atomic mass is 10.1. The van der Waals surface area contributed by atoms with Crippen molar-refractivity contribution in [2.45, 2.75) is 33.5 Å². The van der Waals surface area contributed by atoms with Crippen LogP contribution in [0.4, 0.5) is 13.2 Å². The number of aryl methyl sites for hydroxylation is 2. The number of para-hydroxylation sites is 1. The van der Waals surface area contributed by atoms with Crippen molar-refractivity contribution in [2.75, 3.05) is 0 Å². The molecular weight excluding hydrogens is 427 g/mol. The van der Waals surface area contributed by atoms with E-state index < -0.39 is 22.7 Å². The van der Waals surface area contributed by atoms with E-state index in [1.54, 1.807) is 42.8 Å². The molecule has 0 saturated carbocycles. The molecule has 0 fully saturated rings. The Morgan fingerprint density at radius 3 is 2.52 bits per heavy atom. The summed E-state index contributed by atoms with van der Waals surface area (Å²) in [5.41, 5.74) is 0.336. The second-order valence-corrected chi connectivity index (χ2v) is 7.48. The molecule has 0 radical (unpaired) electrons. The molecule has 1 aromatic carbocycles. The molecule has 0 amide bonds. The van der Waals surface area contributed by atoms with E-state index in [2.05, 4.69) is 15.1 Å². The van der Waals surface area contributed by atoms with Crippen molar-refractivity contribution in [2.24, 2.45) is 0 Å². The molecule has 3 heterocycles. The molecule has 0 unspecified atom stereocenters. The van der Waals surface area contributed by atoms with Crippen LogP contribution in [0.15, 0.2) is 41.3 Å². The Morgan fingerprint density at radius 1 is 1.19 bits per heavy atom. The van der Waals surface area contributed by atoms with E-state index in [9.17, 15) is 18.0 Å². The molecular formula is C21H18F3N5OS. The average molecular weight is 445 g/mol. The Kier molecular flexibility index (Phi) is 5.04. The van der Waals surface area contributed by atoms with Gasteiger partial charge in [0.25, 0.3) is 5.56 Å². The van der Waals surface area contributed by atoms with E-state index in [-0.39, 0.29) is 16.1 Å². The number of alkyl halides is 3. The summed E-state index contributed by atoms with van der Waals surface area (Å²) in [5, 5.41) is 3.65. The summed E-state index contributed by atoms with van der Waals surface area (Å²) in [6.07, 6.45) is -3.29. The smallest absolute Gasteiger partial charge is 0.298 e. The summed E-state index contributed by atoms with van der Waals surface area (Å²) in [4.78, 5) is 19.5. The van der Waals surface area contributed by atoms with Gasteiger partial charge in [-0.2, -0.15) is 18.3 Å². The van der Waals surface area contributed by atoms with Gasteiger partial charge < -0.3 is 0 Å². The molecule has 160 valence electrons. The van der Waals surface area contributed by atoms with Gasteiger partial charge in [-0.15, -0.1) is 0 Å². The minimum absolute atomic E-state index is 0.0365.